The quantitative estimate of drug-likeness (QED) is 0.327. The number of carbonyl (C=O) groups is 1. The van der Waals surface area contributed by atoms with E-state index in [1.165, 1.54) is 0 Å². The van der Waals surface area contributed by atoms with Crippen LogP contribution in [-0.2, 0) is 6.54 Å². The van der Waals surface area contributed by atoms with E-state index in [-0.39, 0.29) is 5.78 Å². The first-order valence-electron chi connectivity index (χ1n) is 8.36. The van der Waals surface area contributed by atoms with E-state index in [0.29, 0.717) is 13.0 Å². The Labute approximate surface area is 156 Å². The van der Waals surface area contributed by atoms with Gasteiger partial charge in [0.15, 0.2) is 5.78 Å². The van der Waals surface area contributed by atoms with Gasteiger partial charge >= 0.3 is 0 Å². The molecule has 0 fully saturated rings. The molecule has 0 bridgehead atoms. The van der Waals surface area contributed by atoms with Gasteiger partial charge < -0.3 is 4.74 Å². The van der Waals surface area contributed by atoms with E-state index in [1.807, 2.05) is 54.6 Å². The first kappa shape index (κ1) is 18.1. The van der Waals surface area contributed by atoms with E-state index in [4.69, 9.17) is 4.74 Å². The minimum absolute atomic E-state index is 0.170. The van der Waals surface area contributed by atoms with Gasteiger partial charge in [0.2, 0.25) is 5.16 Å². The predicted molar refractivity (Wildman–Crippen MR) is 101 cm³/mol. The normalized spacial score (nSPS) is 10.7. The minimum atomic E-state index is 0.170. The zero-order valence-corrected chi connectivity index (χ0v) is 15.4. The standard InChI is InChI=1S/C19H20N4O2S/c1-25-17-11-9-15(10-12-17)14-23-19(20-21-22-23)26-13-5-8-18(24)16-6-3-2-4-7-16/h2-4,6-7,9-12H,5,8,13-14H2,1H3. The van der Waals surface area contributed by atoms with E-state index in [1.54, 1.807) is 23.6 Å². The molecule has 3 aromatic rings. The lowest BCUT2D eigenvalue weighted by Crippen LogP contribution is -2.04. The molecule has 0 aliphatic carbocycles. The molecule has 0 N–H and O–H groups in total. The highest BCUT2D eigenvalue weighted by molar-refractivity contribution is 7.99. The van der Waals surface area contributed by atoms with Crippen LogP contribution in [-0.4, -0.2) is 38.9 Å². The highest BCUT2D eigenvalue weighted by Gasteiger charge is 2.09. The number of ketones is 1. The molecule has 0 amide bonds. The smallest absolute Gasteiger partial charge is 0.209 e. The first-order chi connectivity index (χ1) is 12.8. The Bertz CT molecular complexity index is 834. The zero-order chi connectivity index (χ0) is 18.2. The predicted octanol–water partition coefficient (Wildman–Crippen LogP) is 3.49. The number of rotatable bonds is 9. The summed E-state index contributed by atoms with van der Waals surface area (Å²) in [4.78, 5) is 12.1. The van der Waals surface area contributed by atoms with E-state index < -0.39 is 0 Å². The van der Waals surface area contributed by atoms with Gasteiger partial charge in [0.25, 0.3) is 0 Å². The van der Waals surface area contributed by atoms with E-state index in [9.17, 15) is 4.79 Å². The summed E-state index contributed by atoms with van der Waals surface area (Å²) in [5.41, 5.74) is 1.86. The molecule has 3 rings (SSSR count). The fraction of sp³-hybridized carbons (Fsp3) is 0.263. The Hall–Kier alpha value is -2.67. The zero-order valence-electron chi connectivity index (χ0n) is 14.5. The molecular weight excluding hydrogens is 348 g/mol. The maximum absolute atomic E-state index is 12.1. The van der Waals surface area contributed by atoms with Gasteiger partial charge in [-0.1, -0.05) is 54.2 Å². The number of ether oxygens (including phenoxy) is 1. The van der Waals surface area contributed by atoms with Crippen molar-refractivity contribution in [2.75, 3.05) is 12.9 Å². The Kier molecular flexibility index (Phi) is 6.38. The monoisotopic (exact) mass is 368 g/mol. The Morgan fingerprint density at radius 3 is 2.62 bits per heavy atom. The fourth-order valence-electron chi connectivity index (χ4n) is 2.47. The minimum Gasteiger partial charge on any atom is -0.497 e. The van der Waals surface area contributed by atoms with Crippen molar-refractivity contribution in [2.45, 2.75) is 24.5 Å². The van der Waals surface area contributed by atoms with E-state index >= 15 is 0 Å². The van der Waals surface area contributed by atoms with Crippen LogP contribution < -0.4 is 4.74 Å². The molecule has 134 valence electrons. The topological polar surface area (TPSA) is 69.9 Å². The van der Waals surface area contributed by atoms with Gasteiger partial charge in [0.1, 0.15) is 5.75 Å². The molecule has 2 aromatic carbocycles. The number of tetrazole rings is 1. The summed E-state index contributed by atoms with van der Waals surface area (Å²) in [5.74, 6) is 1.79. The second-order valence-electron chi connectivity index (χ2n) is 5.71. The molecule has 0 saturated carbocycles. The summed E-state index contributed by atoms with van der Waals surface area (Å²) >= 11 is 1.57. The second-order valence-corrected chi connectivity index (χ2v) is 6.77. The number of aromatic nitrogens is 4. The van der Waals surface area contributed by atoms with Crippen LogP contribution in [0.2, 0.25) is 0 Å². The third kappa shape index (κ3) is 4.92. The molecule has 7 heteroatoms. The van der Waals surface area contributed by atoms with Crippen molar-refractivity contribution in [3.05, 3.63) is 65.7 Å². The Morgan fingerprint density at radius 2 is 1.88 bits per heavy atom. The lowest BCUT2D eigenvalue weighted by atomic mass is 10.1. The fourth-order valence-corrected chi connectivity index (χ4v) is 3.28. The molecule has 0 atom stereocenters. The molecule has 0 unspecified atom stereocenters. The summed E-state index contributed by atoms with van der Waals surface area (Å²) in [6.07, 6.45) is 1.31. The number of carbonyl (C=O) groups excluding carboxylic acids is 1. The Morgan fingerprint density at radius 1 is 1.12 bits per heavy atom. The molecule has 0 aliphatic rings. The average Bonchev–Trinajstić information content (AvgIpc) is 3.13. The summed E-state index contributed by atoms with van der Waals surface area (Å²) < 4.78 is 6.94. The molecule has 0 saturated heterocycles. The third-order valence-corrected chi connectivity index (χ3v) is 4.91. The molecule has 0 spiro atoms. The molecule has 6 nitrogen and oxygen atoms in total. The van der Waals surface area contributed by atoms with Crippen molar-refractivity contribution >= 4 is 17.5 Å². The van der Waals surface area contributed by atoms with Crippen molar-refractivity contribution in [3.8, 4) is 5.75 Å². The summed E-state index contributed by atoms with van der Waals surface area (Å²) in [5, 5.41) is 12.6. The second kappa shape index (κ2) is 9.15. The largest absolute Gasteiger partial charge is 0.497 e. The van der Waals surface area contributed by atoms with Crippen LogP contribution in [0.5, 0.6) is 5.75 Å². The first-order valence-corrected chi connectivity index (χ1v) is 9.35. The number of nitrogens with zero attached hydrogens (tertiary/aromatic N) is 4. The van der Waals surface area contributed by atoms with Crippen LogP contribution in [0.15, 0.2) is 59.8 Å². The van der Waals surface area contributed by atoms with Crippen molar-refractivity contribution in [1.29, 1.82) is 0 Å². The number of hydrogen-bond acceptors (Lipinski definition) is 6. The van der Waals surface area contributed by atoms with Gasteiger partial charge in [0.05, 0.1) is 13.7 Å². The van der Waals surface area contributed by atoms with Gasteiger partial charge in [-0.25, -0.2) is 4.68 Å². The maximum Gasteiger partial charge on any atom is 0.209 e. The summed E-state index contributed by atoms with van der Waals surface area (Å²) in [6, 6.07) is 17.2. The molecule has 0 aliphatic heterocycles. The number of benzene rings is 2. The van der Waals surface area contributed by atoms with Crippen LogP contribution in [0, 0.1) is 0 Å². The third-order valence-electron chi connectivity index (χ3n) is 3.87. The highest BCUT2D eigenvalue weighted by atomic mass is 32.2. The van der Waals surface area contributed by atoms with E-state index in [2.05, 4.69) is 15.5 Å². The van der Waals surface area contributed by atoms with Crippen molar-refractivity contribution in [2.24, 2.45) is 0 Å². The molecular formula is C19H20N4O2S. The molecule has 1 aromatic heterocycles. The molecule has 1 heterocycles. The van der Waals surface area contributed by atoms with Gasteiger partial charge in [-0.05, 0) is 34.5 Å². The van der Waals surface area contributed by atoms with E-state index in [0.717, 1.165) is 34.2 Å². The number of methoxy groups -OCH3 is 1. The lowest BCUT2D eigenvalue weighted by Gasteiger charge is -2.06. The lowest BCUT2D eigenvalue weighted by molar-refractivity contribution is 0.0982. The van der Waals surface area contributed by atoms with Crippen LogP contribution in [0.1, 0.15) is 28.8 Å². The SMILES string of the molecule is COc1ccc(Cn2nnnc2SCCCC(=O)c2ccccc2)cc1. The number of thioether (sulfide) groups is 1. The van der Waals surface area contributed by atoms with Crippen molar-refractivity contribution < 1.29 is 9.53 Å². The van der Waals surface area contributed by atoms with Crippen molar-refractivity contribution in [1.82, 2.24) is 20.2 Å². The Balaban J connectivity index is 1.48. The number of hydrogen-bond donors (Lipinski definition) is 0. The number of Topliss-reactive ketones (excluding diaryl/α,β-unsaturated/α-hetero) is 1. The summed E-state index contributed by atoms with van der Waals surface area (Å²) in [7, 11) is 1.65. The van der Waals surface area contributed by atoms with Gasteiger partial charge in [-0.15, -0.1) is 5.10 Å². The van der Waals surface area contributed by atoms with Crippen molar-refractivity contribution in [3.63, 3.8) is 0 Å². The van der Waals surface area contributed by atoms with Crippen LogP contribution in [0.4, 0.5) is 0 Å². The highest BCUT2D eigenvalue weighted by Crippen LogP contribution is 2.18. The maximum atomic E-state index is 12.1. The molecule has 0 radical (unpaired) electrons. The van der Waals surface area contributed by atoms with Crippen LogP contribution >= 0.6 is 11.8 Å². The van der Waals surface area contributed by atoms with Crippen LogP contribution in [0.3, 0.4) is 0 Å². The van der Waals surface area contributed by atoms with Gasteiger partial charge in [-0.3, -0.25) is 4.79 Å². The summed E-state index contributed by atoms with van der Waals surface area (Å²) in [6.45, 7) is 0.599. The van der Waals surface area contributed by atoms with Gasteiger partial charge in [-0.2, -0.15) is 0 Å². The van der Waals surface area contributed by atoms with Gasteiger partial charge in [0, 0.05) is 17.7 Å². The molecule has 26 heavy (non-hydrogen) atoms. The average molecular weight is 368 g/mol. The van der Waals surface area contributed by atoms with Crippen LogP contribution in [0.25, 0.3) is 0 Å².